The summed E-state index contributed by atoms with van der Waals surface area (Å²) in [5.74, 6) is -0.660. The molecule has 132 valence electrons. The summed E-state index contributed by atoms with van der Waals surface area (Å²) in [5, 5.41) is 2.81. The van der Waals surface area contributed by atoms with Crippen LogP contribution in [-0.4, -0.2) is 25.0 Å². The van der Waals surface area contributed by atoms with Crippen molar-refractivity contribution in [3.05, 3.63) is 70.8 Å². The highest BCUT2D eigenvalue weighted by atomic mass is 16.5. The number of rotatable bonds is 7. The number of esters is 1. The van der Waals surface area contributed by atoms with Crippen LogP contribution in [-0.2, 0) is 16.0 Å². The molecular weight excluding hydrogens is 314 g/mol. The Labute approximate surface area is 149 Å². The maximum atomic E-state index is 12.5. The predicted octanol–water partition coefficient (Wildman–Crippen LogP) is 3.60. The molecule has 0 aliphatic carbocycles. The number of methoxy groups -OCH3 is 1. The van der Waals surface area contributed by atoms with Gasteiger partial charge in [-0.2, -0.15) is 0 Å². The van der Waals surface area contributed by atoms with Crippen molar-refractivity contribution in [2.45, 2.75) is 39.2 Å². The topological polar surface area (TPSA) is 55.4 Å². The minimum Gasteiger partial charge on any atom is -0.467 e. The van der Waals surface area contributed by atoms with Gasteiger partial charge in [-0.1, -0.05) is 47.5 Å². The van der Waals surface area contributed by atoms with E-state index < -0.39 is 12.0 Å². The second-order valence-electron chi connectivity index (χ2n) is 6.30. The van der Waals surface area contributed by atoms with E-state index in [1.54, 1.807) is 0 Å². The standard InChI is InChI=1S/C21H25NO3/c1-15-12-16(2)14-18(13-15)20(23)22-19(21(24)25-3)11-7-10-17-8-5-4-6-9-17/h4-6,8-9,12-14,19H,7,10-11H2,1-3H3,(H,22,23)/t19-/m1/s1. The third kappa shape index (κ3) is 5.75. The smallest absolute Gasteiger partial charge is 0.328 e. The lowest BCUT2D eigenvalue weighted by Crippen LogP contribution is -2.41. The maximum Gasteiger partial charge on any atom is 0.328 e. The van der Waals surface area contributed by atoms with E-state index >= 15 is 0 Å². The molecule has 0 bridgehead atoms. The number of hydrogen-bond donors (Lipinski definition) is 1. The SMILES string of the molecule is COC(=O)[C@@H](CCCc1ccccc1)NC(=O)c1cc(C)cc(C)c1. The molecule has 0 saturated carbocycles. The Morgan fingerprint density at radius 1 is 1.04 bits per heavy atom. The number of carbonyl (C=O) groups is 2. The van der Waals surface area contributed by atoms with Crippen LogP contribution < -0.4 is 5.32 Å². The second-order valence-corrected chi connectivity index (χ2v) is 6.30. The number of nitrogens with one attached hydrogen (secondary N) is 1. The van der Waals surface area contributed by atoms with E-state index in [1.165, 1.54) is 12.7 Å². The fourth-order valence-corrected chi connectivity index (χ4v) is 2.89. The van der Waals surface area contributed by atoms with Crippen LogP contribution in [0.4, 0.5) is 0 Å². The molecule has 2 aromatic carbocycles. The van der Waals surface area contributed by atoms with E-state index in [2.05, 4.69) is 17.4 Å². The summed E-state index contributed by atoms with van der Waals surface area (Å²) in [6, 6.07) is 15.1. The first-order chi connectivity index (χ1) is 12.0. The van der Waals surface area contributed by atoms with Gasteiger partial charge in [-0.15, -0.1) is 0 Å². The van der Waals surface area contributed by atoms with Gasteiger partial charge in [0.05, 0.1) is 7.11 Å². The molecule has 0 fully saturated rings. The van der Waals surface area contributed by atoms with Crippen LogP contribution in [0.1, 0.15) is 39.9 Å². The van der Waals surface area contributed by atoms with E-state index in [4.69, 9.17) is 4.74 Å². The molecule has 0 saturated heterocycles. The molecule has 0 aromatic heterocycles. The zero-order valence-corrected chi connectivity index (χ0v) is 15.0. The Morgan fingerprint density at radius 3 is 2.28 bits per heavy atom. The monoisotopic (exact) mass is 339 g/mol. The molecule has 1 amide bonds. The quantitative estimate of drug-likeness (QED) is 0.784. The van der Waals surface area contributed by atoms with Gasteiger partial charge in [-0.05, 0) is 50.8 Å². The van der Waals surface area contributed by atoms with E-state index in [0.29, 0.717) is 12.0 Å². The highest BCUT2D eigenvalue weighted by Crippen LogP contribution is 2.11. The molecule has 2 rings (SSSR count). The van der Waals surface area contributed by atoms with E-state index in [1.807, 2.05) is 50.2 Å². The molecule has 1 N–H and O–H groups in total. The van der Waals surface area contributed by atoms with Gasteiger partial charge >= 0.3 is 5.97 Å². The average Bonchev–Trinajstić information content (AvgIpc) is 2.60. The average molecular weight is 339 g/mol. The molecule has 0 aliphatic heterocycles. The summed E-state index contributed by atoms with van der Waals surface area (Å²) in [4.78, 5) is 24.5. The van der Waals surface area contributed by atoms with Crippen molar-refractivity contribution < 1.29 is 14.3 Å². The largest absolute Gasteiger partial charge is 0.467 e. The molecule has 25 heavy (non-hydrogen) atoms. The Balaban J connectivity index is 1.99. The first-order valence-corrected chi connectivity index (χ1v) is 8.50. The molecular formula is C21H25NO3. The molecule has 0 unspecified atom stereocenters. The zero-order chi connectivity index (χ0) is 18.2. The number of benzene rings is 2. The lowest BCUT2D eigenvalue weighted by Gasteiger charge is -2.17. The molecule has 0 heterocycles. The molecule has 0 radical (unpaired) electrons. The van der Waals surface area contributed by atoms with Crippen molar-refractivity contribution in [1.82, 2.24) is 5.32 Å². The molecule has 2 aromatic rings. The Kier molecular flexibility index (Phi) is 6.75. The van der Waals surface area contributed by atoms with Crippen LogP contribution in [0.2, 0.25) is 0 Å². The zero-order valence-electron chi connectivity index (χ0n) is 15.0. The third-order valence-corrected chi connectivity index (χ3v) is 4.08. The lowest BCUT2D eigenvalue weighted by molar-refractivity contribution is -0.143. The fourth-order valence-electron chi connectivity index (χ4n) is 2.89. The van der Waals surface area contributed by atoms with Crippen LogP contribution in [0.3, 0.4) is 0 Å². The van der Waals surface area contributed by atoms with Crippen molar-refractivity contribution in [2.75, 3.05) is 7.11 Å². The second kappa shape index (κ2) is 9.02. The van der Waals surface area contributed by atoms with Crippen molar-refractivity contribution in [1.29, 1.82) is 0 Å². The Bertz CT molecular complexity index is 705. The van der Waals surface area contributed by atoms with Gasteiger partial charge < -0.3 is 10.1 Å². The third-order valence-electron chi connectivity index (χ3n) is 4.08. The normalized spacial score (nSPS) is 11.6. The highest BCUT2D eigenvalue weighted by Gasteiger charge is 2.22. The summed E-state index contributed by atoms with van der Waals surface area (Å²) in [5.41, 5.74) is 3.81. The molecule has 1 atom stereocenters. The first kappa shape index (κ1) is 18.7. The maximum absolute atomic E-state index is 12.5. The van der Waals surface area contributed by atoms with Crippen molar-refractivity contribution in [3.8, 4) is 0 Å². The number of carbonyl (C=O) groups excluding carboxylic acids is 2. The van der Waals surface area contributed by atoms with Crippen molar-refractivity contribution in [2.24, 2.45) is 0 Å². The molecule has 0 aliphatic rings. The summed E-state index contributed by atoms with van der Waals surface area (Å²) >= 11 is 0. The van der Waals surface area contributed by atoms with Gasteiger partial charge in [0.15, 0.2) is 0 Å². The van der Waals surface area contributed by atoms with E-state index in [0.717, 1.165) is 24.0 Å². The van der Waals surface area contributed by atoms with Crippen LogP contribution in [0.25, 0.3) is 0 Å². The molecule has 4 nitrogen and oxygen atoms in total. The minimum atomic E-state index is -0.637. The minimum absolute atomic E-state index is 0.248. The van der Waals surface area contributed by atoms with Crippen molar-refractivity contribution >= 4 is 11.9 Å². The molecule has 0 spiro atoms. The van der Waals surface area contributed by atoms with Gasteiger partial charge in [0.25, 0.3) is 5.91 Å². The Morgan fingerprint density at radius 2 is 1.68 bits per heavy atom. The molecule has 4 heteroatoms. The van der Waals surface area contributed by atoms with Crippen LogP contribution in [0.15, 0.2) is 48.5 Å². The van der Waals surface area contributed by atoms with Gasteiger partial charge in [0.1, 0.15) is 6.04 Å². The lowest BCUT2D eigenvalue weighted by atomic mass is 10.0. The van der Waals surface area contributed by atoms with Crippen molar-refractivity contribution in [3.63, 3.8) is 0 Å². The fraction of sp³-hybridized carbons (Fsp3) is 0.333. The number of ether oxygens (including phenoxy) is 1. The van der Waals surface area contributed by atoms with Gasteiger partial charge in [-0.25, -0.2) is 4.79 Å². The van der Waals surface area contributed by atoms with E-state index in [9.17, 15) is 9.59 Å². The summed E-state index contributed by atoms with van der Waals surface area (Å²) < 4.78 is 4.85. The predicted molar refractivity (Wildman–Crippen MR) is 98.6 cm³/mol. The van der Waals surface area contributed by atoms with Gasteiger partial charge in [0.2, 0.25) is 0 Å². The number of aryl methyl sites for hydroxylation is 3. The summed E-state index contributed by atoms with van der Waals surface area (Å²) in [6.07, 6.45) is 2.18. The summed E-state index contributed by atoms with van der Waals surface area (Å²) in [6.45, 7) is 3.89. The number of amides is 1. The van der Waals surface area contributed by atoms with Gasteiger partial charge in [0, 0.05) is 5.56 Å². The van der Waals surface area contributed by atoms with Gasteiger partial charge in [-0.3, -0.25) is 4.79 Å². The number of hydrogen-bond acceptors (Lipinski definition) is 3. The summed E-state index contributed by atoms with van der Waals surface area (Å²) in [7, 11) is 1.34. The Hall–Kier alpha value is -2.62. The van der Waals surface area contributed by atoms with Crippen LogP contribution >= 0.6 is 0 Å². The highest BCUT2D eigenvalue weighted by molar-refractivity contribution is 5.97. The first-order valence-electron chi connectivity index (χ1n) is 8.50. The van der Waals surface area contributed by atoms with E-state index in [-0.39, 0.29) is 5.91 Å². The van der Waals surface area contributed by atoms with Crippen LogP contribution in [0.5, 0.6) is 0 Å². The van der Waals surface area contributed by atoms with Crippen LogP contribution in [0, 0.1) is 13.8 Å².